The molecule has 0 spiro atoms. The molecule has 0 saturated carbocycles. The standard InChI is InChI=1S/C13H19NO3/c1-13(2,3)17-12(16)6-5-10-9-11(15)7-8-14(10)4/h5-6,9H,7-8H2,1-4H3/b6-5+. The lowest BCUT2D eigenvalue weighted by molar-refractivity contribution is -0.148. The van der Waals surface area contributed by atoms with Gasteiger partial charge in [-0.2, -0.15) is 0 Å². The van der Waals surface area contributed by atoms with Crippen LogP contribution in [-0.2, 0) is 14.3 Å². The van der Waals surface area contributed by atoms with Crippen molar-refractivity contribution in [2.45, 2.75) is 32.8 Å². The van der Waals surface area contributed by atoms with Crippen molar-refractivity contribution in [1.82, 2.24) is 4.90 Å². The first-order chi connectivity index (χ1) is 7.78. The van der Waals surface area contributed by atoms with Crippen molar-refractivity contribution in [3.05, 3.63) is 23.9 Å². The van der Waals surface area contributed by atoms with E-state index >= 15 is 0 Å². The quantitative estimate of drug-likeness (QED) is 0.541. The van der Waals surface area contributed by atoms with E-state index in [-0.39, 0.29) is 5.78 Å². The van der Waals surface area contributed by atoms with Gasteiger partial charge in [0.1, 0.15) is 5.60 Å². The first-order valence-corrected chi connectivity index (χ1v) is 5.65. The predicted molar refractivity (Wildman–Crippen MR) is 65.3 cm³/mol. The normalized spacial score (nSPS) is 17.3. The summed E-state index contributed by atoms with van der Waals surface area (Å²) in [6.07, 6.45) is 5.04. The molecule has 0 aromatic carbocycles. The number of hydrogen-bond acceptors (Lipinski definition) is 4. The van der Waals surface area contributed by atoms with E-state index < -0.39 is 11.6 Å². The van der Waals surface area contributed by atoms with Gasteiger partial charge >= 0.3 is 5.97 Å². The van der Waals surface area contributed by atoms with Gasteiger partial charge in [0, 0.05) is 37.9 Å². The molecule has 94 valence electrons. The Morgan fingerprint density at radius 3 is 2.71 bits per heavy atom. The fraction of sp³-hybridized carbons (Fsp3) is 0.538. The third-order valence-corrected chi connectivity index (χ3v) is 2.24. The number of likely N-dealkylation sites (N-methyl/N-ethyl adjacent to an activating group) is 1. The topological polar surface area (TPSA) is 46.6 Å². The number of ketones is 1. The Labute approximate surface area is 102 Å². The second-order valence-corrected chi connectivity index (χ2v) is 5.07. The monoisotopic (exact) mass is 237 g/mol. The highest BCUT2D eigenvalue weighted by atomic mass is 16.6. The summed E-state index contributed by atoms with van der Waals surface area (Å²) < 4.78 is 5.13. The fourth-order valence-corrected chi connectivity index (χ4v) is 1.42. The first-order valence-electron chi connectivity index (χ1n) is 5.65. The van der Waals surface area contributed by atoms with Crippen molar-refractivity contribution in [3.8, 4) is 0 Å². The Kier molecular flexibility index (Phi) is 4.10. The summed E-state index contributed by atoms with van der Waals surface area (Å²) in [7, 11) is 1.89. The molecule has 1 aliphatic heterocycles. The summed E-state index contributed by atoms with van der Waals surface area (Å²) in [5.41, 5.74) is 0.247. The third-order valence-electron chi connectivity index (χ3n) is 2.24. The largest absolute Gasteiger partial charge is 0.457 e. The lowest BCUT2D eigenvalue weighted by atomic mass is 10.1. The van der Waals surface area contributed by atoms with Gasteiger partial charge in [-0.05, 0) is 26.8 Å². The molecule has 0 radical (unpaired) electrons. The molecule has 0 aromatic heterocycles. The Morgan fingerprint density at radius 2 is 2.12 bits per heavy atom. The second-order valence-electron chi connectivity index (χ2n) is 5.07. The average molecular weight is 237 g/mol. The van der Waals surface area contributed by atoms with Gasteiger partial charge in [0.15, 0.2) is 5.78 Å². The number of hydrogen-bond donors (Lipinski definition) is 0. The lowest BCUT2D eigenvalue weighted by Gasteiger charge is -2.23. The molecule has 1 heterocycles. The minimum Gasteiger partial charge on any atom is -0.457 e. The van der Waals surface area contributed by atoms with E-state index in [1.807, 2.05) is 32.7 Å². The Balaban J connectivity index is 2.64. The average Bonchev–Trinajstić information content (AvgIpc) is 2.17. The molecule has 0 amide bonds. The molecule has 4 nitrogen and oxygen atoms in total. The lowest BCUT2D eigenvalue weighted by Crippen LogP contribution is -2.26. The van der Waals surface area contributed by atoms with Gasteiger partial charge in [0.05, 0.1) is 0 Å². The molecule has 0 atom stereocenters. The van der Waals surface area contributed by atoms with Gasteiger partial charge in [0.2, 0.25) is 0 Å². The van der Waals surface area contributed by atoms with Gasteiger partial charge < -0.3 is 9.64 Å². The van der Waals surface area contributed by atoms with Crippen LogP contribution < -0.4 is 0 Å². The van der Waals surface area contributed by atoms with Gasteiger partial charge in [-0.25, -0.2) is 4.79 Å². The van der Waals surface area contributed by atoms with Crippen LogP contribution in [-0.4, -0.2) is 35.8 Å². The van der Waals surface area contributed by atoms with Crippen LogP contribution in [0.4, 0.5) is 0 Å². The molecule has 0 fully saturated rings. The fourth-order valence-electron chi connectivity index (χ4n) is 1.42. The van der Waals surface area contributed by atoms with Crippen molar-refractivity contribution < 1.29 is 14.3 Å². The van der Waals surface area contributed by atoms with E-state index in [0.717, 1.165) is 5.70 Å². The van der Waals surface area contributed by atoms with Crippen LogP contribution in [0.3, 0.4) is 0 Å². The van der Waals surface area contributed by atoms with Gasteiger partial charge in [-0.1, -0.05) is 0 Å². The van der Waals surface area contributed by atoms with Crippen LogP contribution in [0, 0.1) is 0 Å². The number of carbonyl (C=O) groups is 2. The molecule has 1 aliphatic rings. The van der Waals surface area contributed by atoms with Crippen molar-refractivity contribution >= 4 is 11.8 Å². The van der Waals surface area contributed by atoms with Crippen LogP contribution in [0.25, 0.3) is 0 Å². The molecule has 0 aromatic rings. The molecular weight excluding hydrogens is 218 g/mol. The first kappa shape index (κ1) is 13.5. The van der Waals surface area contributed by atoms with E-state index in [4.69, 9.17) is 4.74 Å². The highest BCUT2D eigenvalue weighted by molar-refractivity contribution is 5.92. The molecular formula is C13H19NO3. The molecule has 0 bridgehead atoms. The smallest absolute Gasteiger partial charge is 0.331 e. The number of rotatable bonds is 2. The van der Waals surface area contributed by atoms with E-state index in [1.165, 1.54) is 6.08 Å². The predicted octanol–water partition coefficient (Wildman–Crippen LogP) is 1.67. The summed E-state index contributed by atoms with van der Waals surface area (Å²) in [6.45, 7) is 6.13. The zero-order valence-corrected chi connectivity index (χ0v) is 10.8. The number of carbonyl (C=O) groups excluding carboxylic acids is 2. The van der Waals surface area contributed by atoms with Crippen molar-refractivity contribution in [2.75, 3.05) is 13.6 Å². The van der Waals surface area contributed by atoms with Crippen LogP contribution in [0.2, 0.25) is 0 Å². The SMILES string of the molecule is CN1CCC(=O)C=C1/C=C/C(=O)OC(C)(C)C. The Morgan fingerprint density at radius 1 is 1.47 bits per heavy atom. The minimum atomic E-state index is -0.496. The zero-order valence-electron chi connectivity index (χ0n) is 10.8. The molecule has 17 heavy (non-hydrogen) atoms. The highest BCUT2D eigenvalue weighted by Crippen LogP contribution is 2.12. The Hall–Kier alpha value is -1.58. The van der Waals surface area contributed by atoms with E-state index in [2.05, 4.69) is 0 Å². The maximum Gasteiger partial charge on any atom is 0.331 e. The molecule has 0 N–H and O–H groups in total. The molecule has 4 heteroatoms. The molecule has 0 saturated heterocycles. The third kappa shape index (κ3) is 4.85. The van der Waals surface area contributed by atoms with Crippen LogP contribution >= 0.6 is 0 Å². The summed E-state index contributed by atoms with van der Waals surface area (Å²) in [6, 6.07) is 0. The number of esters is 1. The van der Waals surface area contributed by atoms with Crippen LogP contribution in [0.1, 0.15) is 27.2 Å². The van der Waals surface area contributed by atoms with Gasteiger partial charge in [-0.3, -0.25) is 4.79 Å². The number of ether oxygens (including phenoxy) is 1. The maximum atomic E-state index is 11.4. The second kappa shape index (κ2) is 5.17. The van der Waals surface area contributed by atoms with Gasteiger partial charge in [-0.15, -0.1) is 0 Å². The van der Waals surface area contributed by atoms with Crippen LogP contribution in [0.5, 0.6) is 0 Å². The number of allylic oxidation sites excluding steroid dienone is 2. The van der Waals surface area contributed by atoms with E-state index in [9.17, 15) is 9.59 Å². The number of nitrogens with zero attached hydrogens (tertiary/aromatic N) is 1. The zero-order chi connectivity index (χ0) is 13.1. The minimum absolute atomic E-state index is 0.0898. The Bertz CT molecular complexity index is 375. The summed E-state index contributed by atoms with van der Waals surface area (Å²) >= 11 is 0. The van der Waals surface area contributed by atoms with Crippen molar-refractivity contribution in [1.29, 1.82) is 0 Å². The van der Waals surface area contributed by atoms with E-state index in [1.54, 1.807) is 12.2 Å². The molecule has 0 aliphatic carbocycles. The molecule has 0 unspecified atom stereocenters. The van der Waals surface area contributed by atoms with Gasteiger partial charge in [0.25, 0.3) is 0 Å². The van der Waals surface area contributed by atoms with E-state index in [0.29, 0.717) is 13.0 Å². The van der Waals surface area contributed by atoms with Crippen molar-refractivity contribution in [3.63, 3.8) is 0 Å². The summed E-state index contributed by atoms with van der Waals surface area (Å²) in [5.74, 6) is -0.309. The highest BCUT2D eigenvalue weighted by Gasteiger charge is 2.15. The van der Waals surface area contributed by atoms with Crippen molar-refractivity contribution in [2.24, 2.45) is 0 Å². The summed E-state index contributed by atoms with van der Waals surface area (Å²) in [4.78, 5) is 24.6. The molecule has 1 rings (SSSR count). The summed E-state index contributed by atoms with van der Waals surface area (Å²) in [5, 5.41) is 0. The van der Waals surface area contributed by atoms with Crippen LogP contribution in [0.15, 0.2) is 23.9 Å². The maximum absolute atomic E-state index is 11.4.